The molecule has 0 aromatic heterocycles. The molecule has 16 heavy (non-hydrogen) atoms. The van der Waals surface area contributed by atoms with Gasteiger partial charge in [0.15, 0.2) is 0 Å². The van der Waals surface area contributed by atoms with Gasteiger partial charge in [-0.3, -0.25) is 4.79 Å². The van der Waals surface area contributed by atoms with Gasteiger partial charge < -0.3 is 10.1 Å². The molecular weight excluding hydrogens is 202 g/mol. The Bertz CT molecular complexity index is 188. The van der Waals surface area contributed by atoms with Crippen molar-refractivity contribution in [3.63, 3.8) is 0 Å². The first-order chi connectivity index (χ1) is 7.83. The van der Waals surface area contributed by atoms with Crippen LogP contribution in [0.25, 0.3) is 0 Å². The first-order valence-corrected chi connectivity index (χ1v) is 6.69. The molecule has 0 atom stereocenters. The van der Waals surface area contributed by atoms with Crippen molar-refractivity contribution in [2.45, 2.75) is 51.9 Å². The van der Waals surface area contributed by atoms with Gasteiger partial charge in [0.2, 0.25) is 0 Å². The number of carbonyl (C=O) groups excluding carboxylic acids is 1. The predicted molar refractivity (Wildman–Crippen MR) is 65.3 cm³/mol. The van der Waals surface area contributed by atoms with E-state index in [2.05, 4.69) is 5.32 Å². The van der Waals surface area contributed by atoms with Gasteiger partial charge in [-0.1, -0.05) is 19.3 Å². The standard InChI is InChI=1S/C13H25NO2/c1-2-16-13(15)9-6-10-14-11-12-7-4-3-5-8-12/h12,14H,2-11H2,1H3. The predicted octanol–water partition coefficient (Wildman–Crippen LogP) is 2.50. The van der Waals surface area contributed by atoms with Gasteiger partial charge in [0, 0.05) is 6.42 Å². The molecule has 94 valence electrons. The van der Waals surface area contributed by atoms with Crippen molar-refractivity contribution < 1.29 is 9.53 Å². The number of hydrogen-bond acceptors (Lipinski definition) is 3. The van der Waals surface area contributed by atoms with Crippen molar-refractivity contribution in [2.24, 2.45) is 5.92 Å². The van der Waals surface area contributed by atoms with Crippen LogP contribution in [0.2, 0.25) is 0 Å². The van der Waals surface area contributed by atoms with E-state index < -0.39 is 0 Å². The van der Waals surface area contributed by atoms with Crippen LogP contribution in [-0.2, 0) is 9.53 Å². The van der Waals surface area contributed by atoms with Crippen LogP contribution in [0.1, 0.15) is 51.9 Å². The monoisotopic (exact) mass is 227 g/mol. The minimum atomic E-state index is -0.0676. The van der Waals surface area contributed by atoms with E-state index in [4.69, 9.17) is 4.74 Å². The third-order valence-corrected chi connectivity index (χ3v) is 3.20. The van der Waals surface area contributed by atoms with E-state index in [0.29, 0.717) is 13.0 Å². The highest BCUT2D eigenvalue weighted by Crippen LogP contribution is 2.22. The molecule has 0 aromatic carbocycles. The van der Waals surface area contributed by atoms with Crippen molar-refractivity contribution in [3.05, 3.63) is 0 Å². The quantitative estimate of drug-likeness (QED) is 0.536. The van der Waals surface area contributed by atoms with Crippen LogP contribution >= 0.6 is 0 Å². The Balaban J connectivity index is 1.89. The summed E-state index contributed by atoms with van der Waals surface area (Å²) in [5, 5.41) is 3.44. The average molecular weight is 227 g/mol. The third kappa shape index (κ3) is 6.11. The molecule has 1 fully saturated rings. The van der Waals surface area contributed by atoms with Crippen molar-refractivity contribution in [2.75, 3.05) is 19.7 Å². The van der Waals surface area contributed by atoms with Crippen molar-refractivity contribution >= 4 is 5.97 Å². The average Bonchev–Trinajstić information content (AvgIpc) is 2.30. The highest BCUT2D eigenvalue weighted by atomic mass is 16.5. The Morgan fingerprint density at radius 1 is 1.31 bits per heavy atom. The minimum Gasteiger partial charge on any atom is -0.466 e. The van der Waals surface area contributed by atoms with Crippen LogP contribution in [0.4, 0.5) is 0 Å². The van der Waals surface area contributed by atoms with Crippen molar-refractivity contribution in [1.29, 1.82) is 0 Å². The van der Waals surface area contributed by atoms with Gasteiger partial charge in [0.25, 0.3) is 0 Å². The summed E-state index contributed by atoms with van der Waals surface area (Å²) in [5.41, 5.74) is 0. The maximum atomic E-state index is 11.1. The fraction of sp³-hybridized carbons (Fsp3) is 0.923. The number of nitrogens with one attached hydrogen (secondary N) is 1. The maximum absolute atomic E-state index is 11.1. The van der Waals surface area contributed by atoms with E-state index in [1.807, 2.05) is 6.92 Å². The first-order valence-electron chi connectivity index (χ1n) is 6.69. The Hall–Kier alpha value is -0.570. The second kappa shape index (κ2) is 8.57. The van der Waals surface area contributed by atoms with Crippen LogP contribution in [0.15, 0.2) is 0 Å². The molecule has 0 radical (unpaired) electrons. The lowest BCUT2D eigenvalue weighted by Crippen LogP contribution is -2.25. The zero-order valence-corrected chi connectivity index (χ0v) is 10.5. The smallest absolute Gasteiger partial charge is 0.305 e. The van der Waals surface area contributed by atoms with Gasteiger partial charge in [-0.05, 0) is 45.2 Å². The van der Waals surface area contributed by atoms with Gasteiger partial charge in [-0.2, -0.15) is 0 Å². The van der Waals surface area contributed by atoms with Gasteiger partial charge in [-0.25, -0.2) is 0 Å². The lowest BCUT2D eigenvalue weighted by Gasteiger charge is -2.21. The molecular formula is C13H25NO2. The van der Waals surface area contributed by atoms with E-state index >= 15 is 0 Å². The number of ether oxygens (including phenoxy) is 1. The van der Waals surface area contributed by atoms with Crippen molar-refractivity contribution in [3.8, 4) is 0 Å². The number of esters is 1. The maximum Gasteiger partial charge on any atom is 0.305 e. The van der Waals surface area contributed by atoms with Crippen LogP contribution in [0, 0.1) is 5.92 Å². The molecule has 0 aromatic rings. The fourth-order valence-electron chi connectivity index (χ4n) is 2.29. The summed E-state index contributed by atoms with van der Waals surface area (Å²) in [7, 11) is 0. The van der Waals surface area contributed by atoms with E-state index in [0.717, 1.165) is 25.4 Å². The van der Waals surface area contributed by atoms with E-state index in [9.17, 15) is 4.79 Å². The summed E-state index contributed by atoms with van der Waals surface area (Å²) in [6.07, 6.45) is 8.41. The number of rotatable bonds is 7. The zero-order chi connectivity index (χ0) is 11.6. The summed E-state index contributed by atoms with van der Waals surface area (Å²) in [5.74, 6) is 0.804. The molecule has 0 amide bonds. The molecule has 1 saturated carbocycles. The molecule has 0 heterocycles. The van der Waals surface area contributed by atoms with E-state index in [1.54, 1.807) is 0 Å². The molecule has 1 aliphatic rings. The molecule has 1 N–H and O–H groups in total. The lowest BCUT2D eigenvalue weighted by molar-refractivity contribution is -0.143. The summed E-state index contributed by atoms with van der Waals surface area (Å²) < 4.78 is 4.87. The van der Waals surface area contributed by atoms with Crippen molar-refractivity contribution in [1.82, 2.24) is 5.32 Å². The highest BCUT2D eigenvalue weighted by Gasteiger charge is 2.12. The molecule has 0 unspecified atom stereocenters. The molecule has 0 spiro atoms. The molecule has 1 rings (SSSR count). The second-order valence-corrected chi connectivity index (χ2v) is 4.62. The van der Waals surface area contributed by atoms with Crippen LogP contribution in [0.5, 0.6) is 0 Å². The Kier molecular flexibility index (Phi) is 7.23. The number of carbonyl (C=O) groups is 1. The Morgan fingerprint density at radius 2 is 2.06 bits per heavy atom. The zero-order valence-electron chi connectivity index (χ0n) is 10.5. The first kappa shape index (κ1) is 13.5. The number of hydrogen-bond donors (Lipinski definition) is 1. The minimum absolute atomic E-state index is 0.0676. The van der Waals surface area contributed by atoms with E-state index in [-0.39, 0.29) is 5.97 Å². The lowest BCUT2D eigenvalue weighted by atomic mass is 9.89. The van der Waals surface area contributed by atoms with Crippen LogP contribution < -0.4 is 5.32 Å². The molecule has 0 bridgehead atoms. The van der Waals surface area contributed by atoms with Crippen LogP contribution in [-0.4, -0.2) is 25.7 Å². The topological polar surface area (TPSA) is 38.3 Å². The Labute approximate surface area is 98.9 Å². The van der Waals surface area contributed by atoms with Gasteiger partial charge in [-0.15, -0.1) is 0 Å². The normalized spacial score (nSPS) is 17.3. The SMILES string of the molecule is CCOC(=O)CCCNCC1CCCCC1. The molecule has 0 saturated heterocycles. The summed E-state index contributed by atoms with van der Waals surface area (Å²) >= 11 is 0. The molecule has 1 aliphatic carbocycles. The second-order valence-electron chi connectivity index (χ2n) is 4.62. The van der Waals surface area contributed by atoms with E-state index in [1.165, 1.54) is 32.1 Å². The third-order valence-electron chi connectivity index (χ3n) is 3.20. The Morgan fingerprint density at radius 3 is 2.75 bits per heavy atom. The fourth-order valence-corrected chi connectivity index (χ4v) is 2.29. The van der Waals surface area contributed by atoms with Gasteiger partial charge in [0.1, 0.15) is 0 Å². The molecule has 0 aliphatic heterocycles. The summed E-state index contributed by atoms with van der Waals surface area (Å²) in [4.78, 5) is 11.1. The summed E-state index contributed by atoms with van der Waals surface area (Å²) in [6.45, 7) is 4.41. The van der Waals surface area contributed by atoms with Gasteiger partial charge >= 0.3 is 5.97 Å². The molecule has 3 heteroatoms. The summed E-state index contributed by atoms with van der Waals surface area (Å²) in [6, 6.07) is 0. The largest absolute Gasteiger partial charge is 0.466 e. The van der Waals surface area contributed by atoms with Crippen LogP contribution in [0.3, 0.4) is 0 Å². The molecule has 3 nitrogen and oxygen atoms in total. The highest BCUT2D eigenvalue weighted by molar-refractivity contribution is 5.69. The van der Waals surface area contributed by atoms with Gasteiger partial charge in [0.05, 0.1) is 6.61 Å².